The van der Waals surface area contributed by atoms with Crippen molar-refractivity contribution in [2.75, 3.05) is 0 Å². The normalized spacial score (nSPS) is 29.6. The first-order valence-corrected chi connectivity index (χ1v) is 4.42. The Bertz CT molecular complexity index is 163. The van der Waals surface area contributed by atoms with Crippen LogP contribution in [0.1, 0.15) is 39.0 Å². The minimum atomic E-state index is -0.0337. The lowest BCUT2D eigenvalue weighted by Crippen LogP contribution is -2.12. The van der Waals surface area contributed by atoms with Crippen LogP contribution < -0.4 is 0 Å². The smallest absolute Gasteiger partial charge is 0.0568 e. The Balaban J connectivity index is 2.18. The van der Waals surface area contributed by atoms with Gasteiger partial charge < -0.3 is 5.11 Å². The molecular formula is C10H16O. The number of aliphatic hydroxyl groups excluding tert-OH is 1. The molecular weight excluding hydrogens is 136 g/mol. The molecule has 1 fully saturated rings. The van der Waals surface area contributed by atoms with Crippen LogP contribution in [-0.2, 0) is 0 Å². The Morgan fingerprint density at radius 3 is 2.82 bits per heavy atom. The first-order chi connectivity index (χ1) is 5.34. The van der Waals surface area contributed by atoms with E-state index in [1.807, 2.05) is 6.92 Å². The van der Waals surface area contributed by atoms with Crippen molar-refractivity contribution in [1.82, 2.24) is 0 Å². The molecule has 0 aromatic rings. The SMILES string of the molecule is CC#CCCC1CCCC1O. The molecule has 0 saturated heterocycles. The molecule has 0 spiro atoms. The van der Waals surface area contributed by atoms with Crippen LogP contribution in [0.5, 0.6) is 0 Å². The molecule has 0 aromatic carbocycles. The van der Waals surface area contributed by atoms with E-state index in [0.717, 1.165) is 19.3 Å². The van der Waals surface area contributed by atoms with Gasteiger partial charge >= 0.3 is 0 Å². The summed E-state index contributed by atoms with van der Waals surface area (Å²) in [7, 11) is 0. The van der Waals surface area contributed by atoms with E-state index in [0.29, 0.717) is 5.92 Å². The van der Waals surface area contributed by atoms with Gasteiger partial charge in [0.2, 0.25) is 0 Å². The predicted octanol–water partition coefficient (Wildman–Crippen LogP) is 1.95. The van der Waals surface area contributed by atoms with Gasteiger partial charge in [0.1, 0.15) is 0 Å². The van der Waals surface area contributed by atoms with Crippen molar-refractivity contribution in [2.24, 2.45) is 5.92 Å². The largest absolute Gasteiger partial charge is 0.393 e. The highest BCUT2D eigenvalue weighted by Gasteiger charge is 2.23. The first kappa shape index (κ1) is 8.62. The van der Waals surface area contributed by atoms with Gasteiger partial charge in [-0.3, -0.25) is 0 Å². The van der Waals surface area contributed by atoms with Gasteiger partial charge in [-0.05, 0) is 32.1 Å². The predicted molar refractivity (Wildman–Crippen MR) is 46.0 cm³/mol. The Hall–Kier alpha value is -0.480. The summed E-state index contributed by atoms with van der Waals surface area (Å²) in [6, 6.07) is 0. The van der Waals surface area contributed by atoms with Crippen LogP contribution >= 0.6 is 0 Å². The molecule has 62 valence electrons. The quantitative estimate of drug-likeness (QED) is 0.600. The van der Waals surface area contributed by atoms with Gasteiger partial charge in [-0.1, -0.05) is 6.42 Å². The van der Waals surface area contributed by atoms with E-state index in [9.17, 15) is 5.11 Å². The van der Waals surface area contributed by atoms with E-state index in [1.54, 1.807) is 0 Å². The van der Waals surface area contributed by atoms with E-state index >= 15 is 0 Å². The third-order valence-electron chi connectivity index (χ3n) is 2.44. The Labute approximate surface area is 68.8 Å². The summed E-state index contributed by atoms with van der Waals surface area (Å²) in [5, 5.41) is 9.44. The van der Waals surface area contributed by atoms with Crippen LogP contribution in [0, 0.1) is 17.8 Å². The molecule has 1 aliphatic rings. The highest BCUT2D eigenvalue weighted by atomic mass is 16.3. The van der Waals surface area contributed by atoms with Crippen molar-refractivity contribution in [2.45, 2.75) is 45.1 Å². The molecule has 0 aliphatic heterocycles. The lowest BCUT2D eigenvalue weighted by atomic mass is 10.00. The van der Waals surface area contributed by atoms with E-state index in [2.05, 4.69) is 11.8 Å². The molecule has 1 heteroatoms. The third-order valence-corrected chi connectivity index (χ3v) is 2.44. The van der Waals surface area contributed by atoms with E-state index < -0.39 is 0 Å². The average molecular weight is 152 g/mol. The number of aliphatic hydroxyl groups is 1. The first-order valence-electron chi connectivity index (χ1n) is 4.42. The van der Waals surface area contributed by atoms with Crippen molar-refractivity contribution in [3.8, 4) is 11.8 Å². The summed E-state index contributed by atoms with van der Waals surface area (Å²) in [5.74, 6) is 6.45. The molecule has 0 radical (unpaired) electrons. The molecule has 1 nitrogen and oxygen atoms in total. The standard InChI is InChI=1S/C10H16O/c1-2-3-4-6-9-7-5-8-10(9)11/h9-11H,4-8H2,1H3. The summed E-state index contributed by atoms with van der Waals surface area (Å²) in [5.41, 5.74) is 0. The average Bonchev–Trinajstić information content (AvgIpc) is 2.37. The molecule has 1 rings (SSSR count). The summed E-state index contributed by atoms with van der Waals surface area (Å²) in [6.45, 7) is 1.87. The molecule has 2 unspecified atom stereocenters. The molecule has 2 atom stereocenters. The maximum absolute atomic E-state index is 9.44. The molecule has 1 saturated carbocycles. The number of rotatable bonds is 2. The third kappa shape index (κ3) is 2.55. The van der Waals surface area contributed by atoms with Crippen molar-refractivity contribution in [3.05, 3.63) is 0 Å². The molecule has 0 aromatic heterocycles. The van der Waals surface area contributed by atoms with Gasteiger partial charge in [0.05, 0.1) is 6.10 Å². The van der Waals surface area contributed by atoms with Crippen LogP contribution in [0.4, 0.5) is 0 Å². The Morgan fingerprint density at radius 1 is 1.45 bits per heavy atom. The van der Waals surface area contributed by atoms with Gasteiger partial charge in [-0.15, -0.1) is 11.8 Å². The van der Waals surface area contributed by atoms with Crippen molar-refractivity contribution in [1.29, 1.82) is 0 Å². The summed E-state index contributed by atoms with van der Waals surface area (Å²) in [4.78, 5) is 0. The van der Waals surface area contributed by atoms with Crippen LogP contribution in [0.15, 0.2) is 0 Å². The molecule has 0 amide bonds. The van der Waals surface area contributed by atoms with Crippen LogP contribution in [0.25, 0.3) is 0 Å². The minimum Gasteiger partial charge on any atom is -0.393 e. The van der Waals surface area contributed by atoms with Crippen molar-refractivity contribution < 1.29 is 5.11 Å². The Kier molecular flexibility index (Phi) is 3.45. The molecule has 1 N–H and O–H groups in total. The van der Waals surface area contributed by atoms with Gasteiger partial charge in [0, 0.05) is 6.42 Å². The fourth-order valence-electron chi connectivity index (χ4n) is 1.74. The van der Waals surface area contributed by atoms with E-state index in [-0.39, 0.29) is 6.10 Å². The van der Waals surface area contributed by atoms with E-state index in [1.165, 1.54) is 12.8 Å². The molecule has 0 bridgehead atoms. The zero-order chi connectivity index (χ0) is 8.10. The topological polar surface area (TPSA) is 20.2 Å². The summed E-state index contributed by atoms with van der Waals surface area (Å²) in [6.07, 6.45) is 5.41. The fourth-order valence-corrected chi connectivity index (χ4v) is 1.74. The van der Waals surface area contributed by atoms with Crippen LogP contribution in [-0.4, -0.2) is 11.2 Å². The highest BCUT2D eigenvalue weighted by molar-refractivity contribution is 4.95. The zero-order valence-corrected chi connectivity index (χ0v) is 7.14. The second kappa shape index (κ2) is 4.41. The fraction of sp³-hybridized carbons (Fsp3) is 0.800. The number of hydrogen-bond donors (Lipinski definition) is 1. The lowest BCUT2D eigenvalue weighted by molar-refractivity contribution is 0.129. The molecule has 0 heterocycles. The highest BCUT2D eigenvalue weighted by Crippen LogP contribution is 2.28. The van der Waals surface area contributed by atoms with Crippen LogP contribution in [0.3, 0.4) is 0 Å². The minimum absolute atomic E-state index is 0.0337. The summed E-state index contributed by atoms with van der Waals surface area (Å²) >= 11 is 0. The Morgan fingerprint density at radius 2 is 2.27 bits per heavy atom. The summed E-state index contributed by atoms with van der Waals surface area (Å²) < 4.78 is 0. The van der Waals surface area contributed by atoms with Gasteiger partial charge in [0.25, 0.3) is 0 Å². The number of hydrogen-bond acceptors (Lipinski definition) is 1. The van der Waals surface area contributed by atoms with E-state index in [4.69, 9.17) is 0 Å². The van der Waals surface area contributed by atoms with Gasteiger partial charge in [-0.2, -0.15) is 0 Å². The zero-order valence-electron chi connectivity index (χ0n) is 7.14. The maximum atomic E-state index is 9.44. The van der Waals surface area contributed by atoms with Crippen molar-refractivity contribution >= 4 is 0 Å². The van der Waals surface area contributed by atoms with Gasteiger partial charge in [0.15, 0.2) is 0 Å². The molecule has 11 heavy (non-hydrogen) atoms. The molecule has 1 aliphatic carbocycles. The van der Waals surface area contributed by atoms with Crippen LogP contribution in [0.2, 0.25) is 0 Å². The monoisotopic (exact) mass is 152 g/mol. The van der Waals surface area contributed by atoms with Crippen molar-refractivity contribution in [3.63, 3.8) is 0 Å². The second-order valence-corrected chi connectivity index (χ2v) is 3.22. The lowest BCUT2D eigenvalue weighted by Gasteiger charge is -2.11. The maximum Gasteiger partial charge on any atom is 0.0568 e. The second-order valence-electron chi connectivity index (χ2n) is 3.22. The van der Waals surface area contributed by atoms with Gasteiger partial charge in [-0.25, -0.2) is 0 Å².